The zero-order chi connectivity index (χ0) is 14.9. The number of aryl methyl sites for hydroxylation is 1. The number of carbonyl (C=O) groups is 1. The molecule has 21 heavy (non-hydrogen) atoms. The number of ketones is 1. The van der Waals surface area contributed by atoms with E-state index in [1.165, 1.54) is 12.3 Å². The van der Waals surface area contributed by atoms with Gasteiger partial charge >= 0.3 is 5.92 Å². The first kappa shape index (κ1) is 13.7. The predicted octanol–water partition coefficient (Wildman–Crippen LogP) is 3.42. The van der Waals surface area contributed by atoms with Gasteiger partial charge in [0.15, 0.2) is 0 Å². The Hall–Kier alpha value is -2.30. The van der Waals surface area contributed by atoms with Crippen LogP contribution in [0.5, 0.6) is 5.75 Å². The Balaban J connectivity index is 1.89. The molecule has 1 aliphatic rings. The van der Waals surface area contributed by atoms with Crippen LogP contribution in [0.15, 0.2) is 42.6 Å². The number of alkyl halides is 2. The first-order valence-electron chi connectivity index (χ1n) is 6.65. The van der Waals surface area contributed by atoms with E-state index in [0.29, 0.717) is 5.69 Å². The number of hydrogen-bond donors (Lipinski definition) is 0. The van der Waals surface area contributed by atoms with Gasteiger partial charge in [0.1, 0.15) is 12.4 Å². The molecule has 0 bridgehead atoms. The van der Waals surface area contributed by atoms with Crippen molar-refractivity contribution in [3.05, 3.63) is 59.4 Å². The lowest BCUT2D eigenvalue weighted by atomic mass is 9.91. The Bertz CT molecular complexity index is 671. The van der Waals surface area contributed by atoms with E-state index < -0.39 is 18.1 Å². The van der Waals surface area contributed by atoms with E-state index in [0.717, 1.165) is 5.56 Å². The molecule has 1 aromatic carbocycles. The molecule has 5 heteroatoms. The van der Waals surface area contributed by atoms with Gasteiger partial charge in [0.2, 0.25) is 5.78 Å². The first-order chi connectivity index (χ1) is 10.1. The Labute approximate surface area is 120 Å². The maximum absolute atomic E-state index is 13.6. The lowest BCUT2D eigenvalue weighted by molar-refractivity contribution is 0.00124. The molecule has 0 unspecified atom stereocenters. The third-order valence-corrected chi connectivity index (χ3v) is 3.46. The fraction of sp³-hybridized carbons (Fsp3) is 0.250. The summed E-state index contributed by atoms with van der Waals surface area (Å²) in [4.78, 5) is 15.9. The molecule has 0 saturated heterocycles. The van der Waals surface area contributed by atoms with Crippen molar-refractivity contribution in [3.8, 4) is 5.75 Å². The summed E-state index contributed by atoms with van der Waals surface area (Å²) in [6, 6.07) is 10.8. The molecular formula is C16H13F2NO2. The van der Waals surface area contributed by atoms with Gasteiger partial charge < -0.3 is 4.74 Å². The predicted molar refractivity (Wildman–Crippen MR) is 72.6 cm³/mol. The first-order valence-corrected chi connectivity index (χ1v) is 6.65. The Morgan fingerprint density at radius 1 is 1.19 bits per heavy atom. The van der Waals surface area contributed by atoms with Crippen LogP contribution in [0.4, 0.5) is 8.78 Å². The van der Waals surface area contributed by atoms with E-state index in [1.807, 2.05) is 30.3 Å². The second kappa shape index (κ2) is 5.24. The average Bonchev–Trinajstić information content (AvgIpc) is 2.50. The zero-order valence-electron chi connectivity index (χ0n) is 11.2. The molecule has 0 atom stereocenters. The molecule has 0 radical (unpaired) electrons. The number of halogens is 2. The standard InChI is InChI=1S/C16H13F2NO2/c17-16(18)8-6-12-14(15(16)20)13(7-9-19-12)21-10-11-4-2-1-3-5-11/h1-5,7,9H,6,8,10H2. The summed E-state index contributed by atoms with van der Waals surface area (Å²) in [6.45, 7) is 0.218. The molecule has 0 aliphatic heterocycles. The van der Waals surface area contributed by atoms with Crippen LogP contribution in [0.25, 0.3) is 0 Å². The van der Waals surface area contributed by atoms with Crippen LogP contribution in [0.2, 0.25) is 0 Å². The van der Waals surface area contributed by atoms with Crippen molar-refractivity contribution in [1.29, 1.82) is 0 Å². The van der Waals surface area contributed by atoms with Gasteiger partial charge in [-0.15, -0.1) is 0 Å². The molecule has 1 aliphatic carbocycles. The topological polar surface area (TPSA) is 39.2 Å². The van der Waals surface area contributed by atoms with Crippen molar-refractivity contribution in [1.82, 2.24) is 4.98 Å². The number of benzene rings is 1. The minimum Gasteiger partial charge on any atom is -0.488 e. The minimum atomic E-state index is -3.33. The molecule has 0 spiro atoms. The fourth-order valence-corrected chi connectivity index (χ4v) is 2.34. The molecule has 108 valence electrons. The van der Waals surface area contributed by atoms with Crippen LogP contribution < -0.4 is 4.74 Å². The van der Waals surface area contributed by atoms with Crippen molar-refractivity contribution < 1.29 is 18.3 Å². The maximum atomic E-state index is 13.6. The zero-order valence-corrected chi connectivity index (χ0v) is 11.2. The van der Waals surface area contributed by atoms with Gasteiger partial charge in [-0.2, -0.15) is 8.78 Å². The third-order valence-electron chi connectivity index (χ3n) is 3.46. The smallest absolute Gasteiger partial charge is 0.310 e. The number of fused-ring (bicyclic) bond motifs is 1. The van der Waals surface area contributed by atoms with E-state index >= 15 is 0 Å². The minimum absolute atomic E-state index is 0.0790. The Kier molecular flexibility index (Phi) is 3.41. The molecule has 0 N–H and O–H groups in total. The second-order valence-corrected chi connectivity index (χ2v) is 4.94. The van der Waals surface area contributed by atoms with E-state index in [9.17, 15) is 13.6 Å². The normalized spacial score (nSPS) is 16.4. The summed E-state index contributed by atoms with van der Waals surface area (Å²) in [7, 11) is 0. The highest BCUT2D eigenvalue weighted by molar-refractivity contribution is 6.05. The molecule has 0 amide bonds. The van der Waals surface area contributed by atoms with E-state index in [-0.39, 0.29) is 24.3 Å². The summed E-state index contributed by atoms with van der Waals surface area (Å²) in [5, 5.41) is 0. The number of aromatic nitrogens is 1. The number of rotatable bonds is 3. The number of Topliss-reactive ketones (excluding diaryl/α,β-unsaturated/α-hetero) is 1. The highest BCUT2D eigenvalue weighted by atomic mass is 19.3. The van der Waals surface area contributed by atoms with Gasteiger partial charge in [-0.1, -0.05) is 30.3 Å². The van der Waals surface area contributed by atoms with Crippen molar-refractivity contribution in [2.75, 3.05) is 0 Å². The summed E-state index contributed by atoms with van der Waals surface area (Å²) in [5.74, 6) is -4.35. The molecule has 1 aromatic heterocycles. The van der Waals surface area contributed by atoms with E-state index in [2.05, 4.69) is 4.98 Å². The van der Waals surface area contributed by atoms with E-state index in [1.54, 1.807) is 0 Å². The van der Waals surface area contributed by atoms with Crippen LogP contribution >= 0.6 is 0 Å². The molecule has 3 rings (SSSR count). The Morgan fingerprint density at radius 3 is 2.71 bits per heavy atom. The van der Waals surface area contributed by atoms with Crippen LogP contribution in [-0.2, 0) is 13.0 Å². The molecule has 1 heterocycles. The van der Waals surface area contributed by atoms with Crippen molar-refractivity contribution >= 4 is 5.78 Å². The summed E-state index contributed by atoms with van der Waals surface area (Å²) >= 11 is 0. The monoisotopic (exact) mass is 289 g/mol. The highest BCUT2D eigenvalue weighted by Crippen LogP contribution is 2.36. The summed E-state index contributed by atoms with van der Waals surface area (Å²) < 4.78 is 32.7. The average molecular weight is 289 g/mol. The van der Waals surface area contributed by atoms with Gasteiger partial charge in [-0.05, 0) is 18.1 Å². The number of ether oxygens (including phenoxy) is 1. The van der Waals surface area contributed by atoms with Gasteiger partial charge in [-0.3, -0.25) is 9.78 Å². The third kappa shape index (κ3) is 2.63. The van der Waals surface area contributed by atoms with Crippen molar-refractivity contribution in [3.63, 3.8) is 0 Å². The fourth-order valence-electron chi connectivity index (χ4n) is 2.34. The van der Waals surface area contributed by atoms with Crippen LogP contribution in [0.1, 0.15) is 28.0 Å². The lowest BCUT2D eigenvalue weighted by Crippen LogP contribution is -2.35. The van der Waals surface area contributed by atoms with Crippen molar-refractivity contribution in [2.24, 2.45) is 0 Å². The van der Waals surface area contributed by atoms with Crippen LogP contribution in [0, 0.1) is 0 Å². The van der Waals surface area contributed by atoms with Gasteiger partial charge in [0, 0.05) is 12.6 Å². The van der Waals surface area contributed by atoms with Gasteiger partial charge in [0.05, 0.1) is 11.3 Å². The number of nitrogens with zero attached hydrogens (tertiary/aromatic N) is 1. The summed E-state index contributed by atoms with van der Waals surface area (Å²) in [5.41, 5.74) is 1.21. The quantitative estimate of drug-likeness (QED) is 0.869. The van der Waals surface area contributed by atoms with Gasteiger partial charge in [0.25, 0.3) is 0 Å². The number of pyridine rings is 1. The lowest BCUT2D eigenvalue weighted by Gasteiger charge is -2.23. The Morgan fingerprint density at radius 2 is 1.95 bits per heavy atom. The second-order valence-electron chi connectivity index (χ2n) is 4.94. The number of hydrogen-bond acceptors (Lipinski definition) is 3. The van der Waals surface area contributed by atoms with Crippen LogP contribution in [-0.4, -0.2) is 16.7 Å². The largest absolute Gasteiger partial charge is 0.488 e. The van der Waals surface area contributed by atoms with Crippen LogP contribution in [0.3, 0.4) is 0 Å². The van der Waals surface area contributed by atoms with E-state index in [4.69, 9.17) is 4.74 Å². The summed E-state index contributed by atoms with van der Waals surface area (Å²) in [6.07, 6.45) is 1.07. The maximum Gasteiger partial charge on any atom is 0.310 e. The molecular weight excluding hydrogens is 276 g/mol. The van der Waals surface area contributed by atoms with Gasteiger partial charge in [-0.25, -0.2) is 0 Å². The molecule has 3 nitrogen and oxygen atoms in total. The highest BCUT2D eigenvalue weighted by Gasteiger charge is 2.45. The molecule has 2 aromatic rings. The number of carbonyl (C=O) groups excluding carboxylic acids is 1. The molecule has 0 saturated carbocycles. The van der Waals surface area contributed by atoms with Crippen molar-refractivity contribution in [2.45, 2.75) is 25.4 Å². The molecule has 0 fully saturated rings. The SMILES string of the molecule is O=C1c2c(OCc3ccccc3)ccnc2CCC1(F)F.